The number of imidazole rings is 1. The SMILES string of the molecule is CCCCCCCCCCCc1n(-c2ccccc2)cc[n+]1CCCCCCCCCC. The molecule has 2 rings (SSSR count). The van der Waals surface area contributed by atoms with Gasteiger partial charge in [0.1, 0.15) is 18.1 Å². The zero-order chi connectivity index (χ0) is 22.7. The van der Waals surface area contributed by atoms with Gasteiger partial charge < -0.3 is 0 Å². The summed E-state index contributed by atoms with van der Waals surface area (Å²) < 4.78 is 4.96. The van der Waals surface area contributed by atoms with Gasteiger partial charge in [0.05, 0.1) is 6.54 Å². The maximum absolute atomic E-state index is 2.54. The average Bonchev–Trinajstić information content (AvgIpc) is 3.23. The third-order valence-electron chi connectivity index (χ3n) is 6.80. The summed E-state index contributed by atoms with van der Waals surface area (Å²) in [6.07, 6.45) is 29.4. The van der Waals surface area contributed by atoms with E-state index in [0.717, 1.165) is 0 Å². The maximum atomic E-state index is 2.54. The third kappa shape index (κ3) is 10.8. The van der Waals surface area contributed by atoms with E-state index < -0.39 is 0 Å². The highest BCUT2D eigenvalue weighted by atomic mass is 15.1. The molecule has 2 nitrogen and oxygen atoms in total. The first kappa shape index (κ1) is 26.7. The number of unbranched alkanes of at least 4 members (excludes halogenated alkanes) is 15. The van der Waals surface area contributed by atoms with E-state index in [1.54, 1.807) is 0 Å². The predicted molar refractivity (Wildman–Crippen MR) is 140 cm³/mol. The van der Waals surface area contributed by atoms with Crippen LogP contribution in [0, 0.1) is 0 Å². The van der Waals surface area contributed by atoms with Crippen molar-refractivity contribution in [3.63, 3.8) is 0 Å². The first-order valence-electron chi connectivity index (χ1n) is 14.0. The lowest BCUT2D eigenvalue weighted by Gasteiger charge is -2.06. The second-order valence-corrected chi connectivity index (χ2v) is 9.67. The lowest BCUT2D eigenvalue weighted by Crippen LogP contribution is -2.37. The fourth-order valence-electron chi connectivity index (χ4n) is 4.76. The van der Waals surface area contributed by atoms with Crippen LogP contribution in [-0.4, -0.2) is 4.57 Å². The molecule has 1 aromatic heterocycles. The fraction of sp³-hybridized carbons (Fsp3) is 0.700. The molecule has 0 saturated carbocycles. The summed E-state index contributed by atoms with van der Waals surface area (Å²) in [7, 11) is 0. The Morgan fingerprint density at radius 1 is 0.594 bits per heavy atom. The summed E-state index contributed by atoms with van der Waals surface area (Å²) in [4.78, 5) is 0. The van der Waals surface area contributed by atoms with Gasteiger partial charge in [-0.15, -0.1) is 0 Å². The molecule has 0 fully saturated rings. The molecule has 0 spiro atoms. The number of benzene rings is 1. The quantitative estimate of drug-likeness (QED) is 0.144. The van der Waals surface area contributed by atoms with E-state index in [2.05, 4.69) is 65.7 Å². The van der Waals surface area contributed by atoms with E-state index in [0.29, 0.717) is 0 Å². The highest BCUT2D eigenvalue weighted by Crippen LogP contribution is 2.15. The van der Waals surface area contributed by atoms with Crippen LogP contribution in [0.4, 0.5) is 0 Å². The summed E-state index contributed by atoms with van der Waals surface area (Å²) in [5.41, 5.74) is 1.30. The molecule has 2 aromatic rings. The second kappa shape index (κ2) is 17.9. The van der Waals surface area contributed by atoms with E-state index >= 15 is 0 Å². The highest BCUT2D eigenvalue weighted by molar-refractivity contribution is 5.31. The molecule has 32 heavy (non-hydrogen) atoms. The topological polar surface area (TPSA) is 8.81 Å². The van der Waals surface area contributed by atoms with Gasteiger partial charge >= 0.3 is 0 Å². The molecule has 0 unspecified atom stereocenters. The van der Waals surface area contributed by atoms with Gasteiger partial charge in [-0.1, -0.05) is 122 Å². The van der Waals surface area contributed by atoms with Crippen LogP contribution in [0.3, 0.4) is 0 Å². The monoisotopic (exact) mass is 439 g/mol. The molecule has 0 radical (unpaired) electrons. The van der Waals surface area contributed by atoms with Crippen molar-refractivity contribution in [2.24, 2.45) is 0 Å². The Bertz CT molecular complexity index is 673. The zero-order valence-electron chi connectivity index (χ0n) is 21.4. The molecule has 0 saturated heterocycles. The molecule has 1 aromatic carbocycles. The van der Waals surface area contributed by atoms with Crippen molar-refractivity contribution in [2.45, 2.75) is 136 Å². The fourth-order valence-corrected chi connectivity index (χ4v) is 4.76. The molecule has 180 valence electrons. The van der Waals surface area contributed by atoms with Crippen LogP contribution < -0.4 is 4.57 Å². The number of hydrogen-bond acceptors (Lipinski definition) is 0. The van der Waals surface area contributed by atoms with Crippen LogP contribution in [-0.2, 0) is 13.0 Å². The second-order valence-electron chi connectivity index (χ2n) is 9.67. The number of nitrogens with zero attached hydrogens (tertiary/aromatic N) is 2. The van der Waals surface area contributed by atoms with E-state index in [4.69, 9.17) is 0 Å². The molecule has 0 aliphatic rings. The van der Waals surface area contributed by atoms with Crippen LogP contribution in [0.1, 0.15) is 129 Å². The van der Waals surface area contributed by atoms with Gasteiger partial charge in [0.15, 0.2) is 0 Å². The van der Waals surface area contributed by atoms with Crippen LogP contribution in [0.15, 0.2) is 42.7 Å². The maximum Gasteiger partial charge on any atom is 0.261 e. The minimum absolute atomic E-state index is 1.17. The van der Waals surface area contributed by atoms with Crippen molar-refractivity contribution < 1.29 is 4.57 Å². The average molecular weight is 440 g/mol. The lowest BCUT2D eigenvalue weighted by atomic mass is 10.1. The molecule has 0 aliphatic heterocycles. The van der Waals surface area contributed by atoms with Gasteiger partial charge in [-0.05, 0) is 31.4 Å². The number of hydrogen-bond donors (Lipinski definition) is 0. The van der Waals surface area contributed by atoms with E-state index in [1.807, 2.05) is 0 Å². The van der Waals surface area contributed by atoms with Crippen molar-refractivity contribution in [1.29, 1.82) is 0 Å². The van der Waals surface area contributed by atoms with Crippen LogP contribution in [0.25, 0.3) is 5.69 Å². The van der Waals surface area contributed by atoms with Crippen molar-refractivity contribution in [3.05, 3.63) is 48.5 Å². The Morgan fingerprint density at radius 3 is 1.66 bits per heavy atom. The summed E-state index contributed by atoms with van der Waals surface area (Å²) in [5.74, 6) is 1.49. The molecular weight excluding hydrogens is 388 g/mol. The molecule has 0 amide bonds. The van der Waals surface area contributed by atoms with Gasteiger partial charge in [-0.25, -0.2) is 4.57 Å². The minimum Gasteiger partial charge on any atom is -0.234 e. The van der Waals surface area contributed by atoms with Crippen molar-refractivity contribution in [2.75, 3.05) is 0 Å². The Kier molecular flexibility index (Phi) is 14.9. The molecule has 0 N–H and O–H groups in total. The van der Waals surface area contributed by atoms with Gasteiger partial charge in [-0.2, -0.15) is 4.57 Å². The normalized spacial score (nSPS) is 11.3. The molecule has 0 bridgehead atoms. The van der Waals surface area contributed by atoms with Gasteiger partial charge in [0.2, 0.25) is 0 Å². The van der Waals surface area contributed by atoms with Crippen LogP contribution in [0.2, 0.25) is 0 Å². The lowest BCUT2D eigenvalue weighted by molar-refractivity contribution is -0.704. The van der Waals surface area contributed by atoms with E-state index in [-0.39, 0.29) is 0 Å². The van der Waals surface area contributed by atoms with Gasteiger partial charge in [0, 0.05) is 6.42 Å². The number of para-hydroxylation sites is 1. The first-order chi connectivity index (χ1) is 15.9. The van der Waals surface area contributed by atoms with E-state index in [1.165, 1.54) is 134 Å². The molecule has 0 atom stereocenters. The molecular formula is C30H51N2+. The Morgan fingerprint density at radius 2 is 1.09 bits per heavy atom. The predicted octanol–water partition coefficient (Wildman–Crippen LogP) is 8.98. The Hall–Kier alpha value is -1.57. The van der Waals surface area contributed by atoms with Crippen molar-refractivity contribution >= 4 is 0 Å². The van der Waals surface area contributed by atoms with Crippen LogP contribution in [0.5, 0.6) is 0 Å². The summed E-state index contributed by atoms with van der Waals surface area (Å²) >= 11 is 0. The van der Waals surface area contributed by atoms with Crippen molar-refractivity contribution in [1.82, 2.24) is 4.57 Å². The highest BCUT2D eigenvalue weighted by Gasteiger charge is 2.18. The number of aromatic nitrogens is 2. The smallest absolute Gasteiger partial charge is 0.234 e. The standard InChI is InChI=1S/C30H51N2/c1-3-5-7-9-11-13-14-16-21-25-30-31(26-22-17-15-12-10-8-6-4-2)27-28-32(30)29-23-19-18-20-24-29/h18-20,23-24,27-28H,3-17,21-22,25-26H2,1-2H3/q+1. The summed E-state index contributed by atoms with van der Waals surface area (Å²) in [5, 5.41) is 0. The van der Waals surface area contributed by atoms with Gasteiger partial charge in [-0.3, -0.25) is 0 Å². The minimum atomic E-state index is 1.17. The van der Waals surface area contributed by atoms with Gasteiger partial charge in [0.25, 0.3) is 5.82 Å². The van der Waals surface area contributed by atoms with E-state index in [9.17, 15) is 0 Å². The Balaban J connectivity index is 1.77. The van der Waals surface area contributed by atoms with Crippen molar-refractivity contribution in [3.8, 4) is 5.69 Å². The number of rotatable bonds is 20. The summed E-state index contributed by atoms with van der Waals surface area (Å²) in [6, 6.07) is 10.9. The third-order valence-corrected chi connectivity index (χ3v) is 6.80. The summed E-state index contributed by atoms with van der Waals surface area (Å²) in [6.45, 7) is 5.76. The number of aryl methyl sites for hydroxylation is 1. The molecule has 1 heterocycles. The molecule has 2 heteroatoms. The molecule has 0 aliphatic carbocycles. The first-order valence-corrected chi connectivity index (χ1v) is 14.0. The van der Waals surface area contributed by atoms with Crippen LogP contribution >= 0.6 is 0 Å². The Labute approximate surface area is 199 Å². The largest absolute Gasteiger partial charge is 0.261 e. The zero-order valence-corrected chi connectivity index (χ0v) is 21.4.